The Labute approximate surface area is 124 Å². The summed E-state index contributed by atoms with van der Waals surface area (Å²) in [6.45, 7) is 0. The van der Waals surface area contributed by atoms with Gasteiger partial charge in [0.2, 0.25) is 0 Å². The summed E-state index contributed by atoms with van der Waals surface area (Å²) in [5.74, 6) is -0.165. The van der Waals surface area contributed by atoms with Gasteiger partial charge in [-0.05, 0) is 24.3 Å². The topological polar surface area (TPSA) is 99.3 Å². The third-order valence-electron chi connectivity index (χ3n) is 2.34. The third kappa shape index (κ3) is 3.06. The third-order valence-corrected chi connectivity index (χ3v) is 4.29. The molecule has 2 rings (SSSR count). The minimum Gasteiger partial charge on any atom is -0.506 e. The molecule has 9 heteroatoms. The molecule has 1 aromatic heterocycles. The fourth-order valence-corrected chi connectivity index (χ4v) is 2.84. The first-order valence-corrected chi connectivity index (χ1v) is 7.43. The summed E-state index contributed by atoms with van der Waals surface area (Å²) in [6, 6.07) is 4.87. The van der Waals surface area contributed by atoms with Crippen molar-refractivity contribution in [3.63, 3.8) is 0 Å². The molecule has 0 aliphatic heterocycles. The summed E-state index contributed by atoms with van der Waals surface area (Å²) in [5, 5.41) is 9.02. The predicted octanol–water partition coefficient (Wildman–Crippen LogP) is 2.19. The lowest BCUT2D eigenvalue weighted by Crippen LogP contribution is -2.16. The van der Waals surface area contributed by atoms with Crippen LogP contribution in [0, 0.1) is 0 Å². The number of hydrogen-bond acceptors (Lipinski definition) is 4. The molecule has 0 saturated carbocycles. The molecule has 106 valence electrons. The summed E-state index contributed by atoms with van der Waals surface area (Å²) < 4.78 is 26.4. The van der Waals surface area contributed by atoms with Gasteiger partial charge in [0.15, 0.2) is 0 Å². The summed E-state index contributed by atoms with van der Waals surface area (Å²) >= 11 is 11.3. The number of H-pyrrole nitrogens is 1. The number of phenolic OH excluding ortho intramolecular Hbond substituents is 1. The fraction of sp³-hybridized carbons (Fsp3) is 0. The van der Waals surface area contributed by atoms with Crippen LogP contribution in [0.15, 0.2) is 40.2 Å². The number of aromatic hydroxyl groups is 1. The lowest BCUT2D eigenvalue weighted by atomic mass is 10.3. The summed E-state index contributed by atoms with van der Waals surface area (Å²) in [4.78, 5) is 13.1. The number of rotatable bonds is 3. The van der Waals surface area contributed by atoms with Gasteiger partial charge in [-0.3, -0.25) is 9.52 Å². The molecule has 0 radical (unpaired) electrons. The molecule has 0 saturated heterocycles. The quantitative estimate of drug-likeness (QED) is 0.749. The van der Waals surface area contributed by atoms with Crippen LogP contribution in [0.1, 0.15) is 0 Å². The van der Waals surface area contributed by atoms with Gasteiger partial charge in [0.05, 0.1) is 10.7 Å². The fourth-order valence-electron chi connectivity index (χ4n) is 1.38. The van der Waals surface area contributed by atoms with Crippen LogP contribution in [0.25, 0.3) is 0 Å². The van der Waals surface area contributed by atoms with Gasteiger partial charge in [-0.1, -0.05) is 23.2 Å². The van der Waals surface area contributed by atoms with Crippen LogP contribution >= 0.6 is 23.2 Å². The molecular formula is C11H8Cl2N2O4S. The molecule has 0 aliphatic rings. The zero-order chi connectivity index (χ0) is 14.9. The largest absolute Gasteiger partial charge is 0.506 e. The van der Waals surface area contributed by atoms with Crippen molar-refractivity contribution >= 4 is 38.9 Å². The number of aromatic amines is 1. The van der Waals surface area contributed by atoms with Gasteiger partial charge in [0.25, 0.3) is 15.6 Å². The van der Waals surface area contributed by atoms with E-state index in [1.165, 1.54) is 18.2 Å². The van der Waals surface area contributed by atoms with E-state index in [4.69, 9.17) is 23.2 Å². The number of phenols is 1. The van der Waals surface area contributed by atoms with Crippen molar-refractivity contribution in [2.24, 2.45) is 0 Å². The van der Waals surface area contributed by atoms with Crippen molar-refractivity contribution in [3.8, 4) is 5.75 Å². The molecule has 0 bridgehead atoms. The highest BCUT2D eigenvalue weighted by Crippen LogP contribution is 2.27. The van der Waals surface area contributed by atoms with E-state index in [1.807, 2.05) is 0 Å². The van der Waals surface area contributed by atoms with Crippen molar-refractivity contribution in [3.05, 3.63) is 50.9 Å². The lowest BCUT2D eigenvalue weighted by molar-refractivity contribution is 0.475. The van der Waals surface area contributed by atoms with Gasteiger partial charge in [0.1, 0.15) is 15.7 Å². The van der Waals surface area contributed by atoms with Crippen LogP contribution in [-0.4, -0.2) is 18.5 Å². The van der Waals surface area contributed by atoms with E-state index >= 15 is 0 Å². The van der Waals surface area contributed by atoms with Gasteiger partial charge in [0, 0.05) is 6.20 Å². The molecule has 0 spiro atoms. The monoisotopic (exact) mass is 334 g/mol. The second kappa shape index (κ2) is 5.35. The van der Waals surface area contributed by atoms with Gasteiger partial charge in [-0.25, -0.2) is 8.42 Å². The maximum atomic E-state index is 12.1. The van der Waals surface area contributed by atoms with Crippen molar-refractivity contribution in [2.45, 2.75) is 4.90 Å². The number of aromatic nitrogens is 1. The van der Waals surface area contributed by atoms with Gasteiger partial charge in [-0.15, -0.1) is 0 Å². The summed E-state index contributed by atoms with van der Waals surface area (Å²) in [5.41, 5.74) is -0.423. The summed E-state index contributed by atoms with van der Waals surface area (Å²) in [7, 11) is -3.93. The first-order valence-electron chi connectivity index (χ1n) is 5.19. The van der Waals surface area contributed by atoms with Crippen molar-refractivity contribution in [1.29, 1.82) is 0 Å². The molecule has 0 atom stereocenters. The minimum atomic E-state index is -3.93. The predicted molar refractivity (Wildman–Crippen MR) is 76.0 cm³/mol. The second-order valence-corrected chi connectivity index (χ2v) is 6.28. The number of benzene rings is 1. The highest BCUT2D eigenvalue weighted by atomic mass is 35.5. The van der Waals surface area contributed by atoms with E-state index in [0.29, 0.717) is 0 Å². The first-order chi connectivity index (χ1) is 9.29. The maximum Gasteiger partial charge on any atom is 0.266 e. The maximum absolute atomic E-state index is 12.1. The van der Waals surface area contributed by atoms with E-state index in [0.717, 1.165) is 12.3 Å². The van der Waals surface area contributed by atoms with E-state index in [9.17, 15) is 18.3 Å². The summed E-state index contributed by atoms with van der Waals surface area (Å²) in [6.07, 6.45) is 1.03. The highest BCUT2D eigenvalue weighted by Gasteiger charge is 2.16. The van der Waals surface area contributed by atoms with Gasteiger partial charge < -0.3 is 10.1 Å². The second-order valence-electron chi connectivity index (χ2n) is 3.78. The molecule has 1 aromatic carbocycles. The Balaban J connectivity index is 2.37. The number of halogens is 2. The molecule has 0 fully saturated rings. The van der Waals surface area contributed by atoms with Gasteiger partial charge in [-0.2, -0.15) is 0 Å². The molecule has 6 nitrogen and oxygen atoms in total. The molecule has 0 unspecified atom stereocenters. The Kier molecular flexibility index (Phi) is 3.94. The number of hydrogen-bond donors (Lipinski definition) is 3. The Morgan fingerprint density at radius 2 is 1.85 bits per heavy atom. The molecular weight excluding hydrogens is 327 g/mol. The molecule has 0 aliphatic carbocycles. The van der Waals surface area contributed by atoms with E-state index in [1.54, 1.807) is 0 Å². The van der Waals surface area contributed by atoms with Crippen molar-refractivity contribution in [1.82, 2.24) is 4.98 Å². The highest BCUT2D eigenvalue weighted by molar-refractivity contribution is 7.92. The molecule has 3 N–H and O–H groups in total. The van der Waals surface area contributed by atoms with Crippen LogP contribution in [-0.2, 0) is 10.0 Å². The standard InChI is InChI=1S/C11H8Cl2N2O4S/c12-8-3-6(1-2-10(8)16)15-20(18,19)7-4-9(13)11(17)14-5-7/h1-5,15-16H,(H,14,17). The van der Waals surface area contributed by atoms with E-state index < -0.39 is 15.6 Å². The van der Waals surface area contributed by atoms with E-state index in [-0.39, 0.29) is 26.4 Å². The van der Waals surface area contributed by atoms with Crippen LogP contribution in [0.4, 0.5) is 5.69 Å². The van der Waals surface area contributed by atoms with Crippen LogP contribution < -0.4 is 10.3 Å². The van der Waals surface area contributed by atoms with Crippen LogP contribution in [0.3, 0.4) is 0 Å². The Morgan fingerprint density at radius 3 is 2.45 bits per heavy atom. The van der Waals surface area contributed by atoms with Crippen molar-refractivity contribution < 1.29 is 13.5 Å². The Bertz CT molecular complexity index is 817. The Morgan fingerprint density at radius 1 is 1.15 bits per heavy atom. The number of nitrogens with one attached hydrogen (secondary N) is 2. The average molecular weight is 335 g/mol. The van der Waals surface area contributed by atoms with E-state index in [2.05, 4.69) is 9.71 Å². The number of anilines is 1. The average Bonchev–Trinajstić information content (AvgIpc) is 2.37. The normalized spacial score (nSPS) is 11.3. The molecule has 1 heterocycles. The smallest absolute Gasteiger partial charge is 0.266 e. The lowest BCUT2D eigenvalue weighted by Gasteiger charge is -2.08. The minimum absolute atomic E-state index is 0.00435. The van der Waals surface area contributed by atoms with Crippen LogP contribution in [0.5, 0.6) is 5.75 Å². The number of pyridine rings is 1. The van der Waals surface area contributed by atoms with Crippen LogP contribution in [0.2, 0.25) is 10.0 Å². The zero-order valence-corrected chi connectivity index (χ0v) is 12.1. The SMILES string of the molecule is O=c1[nH]cc(S(=O)(=O)Nc2ccc(O)c(Cl)c2)cc1Cl. The number of sulfonamides is 1. The zero-order valence-electron chi connectivity index (χ0n) is 9.72. The van der Waals surface area contributed by atoms with Crippen molar-refractivity contribution in [2.75, 3.05) is 4.72 Å². The Hall–Kier alpha value is -1.70. The molecule has 2 aromatic rings. The molecule has 20 heavy (non-hydrogen) atoms. The van der Waals surface area contributed by atoms with Gasteiger partial charge >= 0.3 is 0 Å². The first kappa shape index (κ1) is 14.7. The molecule has 0 amide bonds.